The molecule has 3 aliphatic rings. The fraction of sp³-hybridized carbons (Fsp3) is 0.611. The first-order valence-corrected chi connectivity index (χ1v) is 8.57. The van der Waals surface area contributed by atoms with Gasteiger partial charge in [0.2, 0.25) is 0 Å². The van der Waals surface area contributed by atoms with Crippen molar-refractivity contribution in [2.45, 2.75) is 50.0 Å². The molecule has 110 valence electrons. The van der Waals surface area contributed by atoms with Crippen LogP contribution in [0.2, 0.25) is 0 Å². The number of hydrogen-bond acceptors (Lipinski definition) is 3. The van der Waals surface area contributed by atoms with Gasteiger partial charge >= 0.3 is 0 Å². The summed E-state index contributed by atoms with van der Waals surface area (Å²) < 4.78 is 0. The Bertz CT molecular complexity index is 620. The summed E-state index contributed by atoms with van der Waals surface area (Å²) in [7, 11) is 2.32. The molecule has 1 saturated carbocycles. The number of hydrogen-bond donors (Lipinski definition) is 0. The fourth-order valence-electron chi connectivity index (χ4n) is 5.31. The van der Waals surface area contributed by atoms with Crippen molar-refractivity contribution in [3.8, 4) is 0 Å². The van der Waals surface area contributed by atoms with Crippen molar-refractivity contribution in [3.63, 3.8) is 0 Å². The molecule has 2 fully saturated rings. The standard InChI is InChI=1S/C18H22N2S/c1-20-9-8-18-7-3-2-4-15(18)17(20)10-13-5-6-14(19-12-21)11-16(13)18/h5-6,11,15,17H,2-4,7-10H2,1H3/t15-,17+,18+/m0/s1. The average Bonchev–Trinajstić information content (AvgIpc) is 2.52. The predicted octanol–water partition coefficient (Wildman–Crippen LogP) is 4.11. The summed E-state index contributed by atoms with van der Waals surface area (Å²) in [4.78, 5) is 6.84. The van der Waals surface area contributed by atoms with E-state index in [9.17, 15) is 0 Å². The Labute approximate surface area is 132 Å². The maximum Gasteiger partial charge on any atom is 0.0742 e. The second-order valence-electron chi connectivity index (χ2n) is 7.06. The quantitative estimate of drug-likeness (QED) is 0.573. The van der Waals surface area contributed by atoms with Crippen molar-refractivity contribution in [1.82, 2.24) is 4.90 Å². The molecule has 0 spiro atoms. The van der Waals surface area contributed by atoms with E-state index in [0.29, 0.717) is 5.41 Å². The predicted molar refractivity (Wildman–Crippen MR) is 89.5 cm³/mol. The highest BCUT2D eigenvalue weighted by atomic mass is 32.1. The van der Waals surface area contributed by atoms with E-state index in [4.69, 9.17) is 12.2 Å². The molecule has 2 bridgehead atoms. The third kappa shape index (κ3) is 1.95. The number of likely N-dealkylation sites (tertiary alicyclic amines) is 1. The van der Waals surface area contributed by atoms with Gasteiger partial charge in [-0.25, -0.2) is 0 Å². The molecule has 3 heteroatoms. The zero-order chi connectivity index (χ0) is 14.4. The molecule has 1 heterocycles. The van der Waals surface area contributed by atoms with E-state index in [0.717, 1.165) is 17.6 Å². The van der Waals surface area contributed by atoms with Crippen molar-refractivity contribution in [2.24, 2.45) is 10.9 Å². The van der Waals surface area contributed by atoms with Crippen LogP contribution in [0.1, 0.15) is 43.2 Å². The highest BCUT2D eigenvalue weighted by Crippen LogP contribution is 2.55. The zero-order valence-corrected chi connectivity index (χ0v) is 13.5. The van der Waals surface area contributed by atoms with E-state index in [1.165, 1.54) is 45.1 Å². The van der Waals surface area contributed by atoms with Gasteiger partial charge < -0.3 is 4.90 Å². The molecule has 3 atom stereocenters. The number of fused-ring (bicyclic) bond motifs is 1. The van der Waals surface area contributed by atoms with Crippen molar-refractivity contribution in [2.75, 3.05) is 13.6 Å². The Morgan fingerprint density at radius 3 is 3.10 bits per heavy atom. The molecule has 0 unspecified atom stereocenters. The van der Waals surface area contributed by atoms with Gasteiger partial charge in [0.15, 0.2) is 0 Å². The van der Waals surface area contributed by atoms with Gasteiger partial charge in [0.05, 0.1) is 10.8 Å². The van der Waals surface area contributed by atoms with Crippen LogP contribution in [-0.2, 0) is 11.8 Å². The molecule has 1 aromatic carbocycles. The largest absolute Gasteiger partial charge is 0.303 e. The van der Waals surface area contributed by atoms with Crippen LogP contribution in [0, 0.1) is 5.92 Å². The fourth-order valence-corrected chi connectivity index (χ4v) is 5.41. The number of rotatable bonds is 1. The van der Waals surface area contributed by atoms with E-state index >= 15 is 0 Å². The number of piperidine rings is 1. The molecular weight excluding hydrogens is 276 g/mol. The van der Waals surface area contributed by atoms with Crippen LogP contribution in [0.3, 0.4) is 0 Å². The molecule has 0 N–H and O–H groups in total. The van der Waals surface area contributed by atoms with Gasteiger partial charge in [-0.05, 0) is 80.7 Å². The number of aliphatic imine (C=N–C) groups is 1. The first kappa shape index (κ1) is 13.6. The normalized spacial score (nSPS) is 34.5. The van der Waals surface area contributed by atoms with Crippen LogP contribution >= 0.6 is 12.2 Å². The van der Waals surface area contributed by atoms with E-state index < -0.39 is 0 Å². The summed E-state index contributed by atoms with van der Waals surface area (Å²) in [6.07, 6.45) is 8.06. The Morgan fingerprint density at radius 2 is 2.24 bits per heavy atom. The number of benzene rings is 1. The lowest BCUT2D eigenvalue weighted by molar-refractivity contribution is 0.00290. The lowest BCUT2D eigenvalue weighted by atomic mass is 9.52. The van der Waals surface area contributed by atoms with Gasteiger partial charge in [-0.15, -0.1) is 0 Å². The Balaban J connectivity index is 1.89. The molecule has 1 aromatic rings. The minimum absolute atomic E-state index is 0.413. The highest BCUT2D eigenvalue weighted by Gasteiger charge is 2.52. The molecule has 21 heavy (non-hydrogen) atoms. The first-order valence-electron chi connectivity index (χ1n) is 8.16. The van der Waals surface area contributed by atoms with Crippen LogP contribution in [0.5, 0.6) is 0 Å². The topological polar surface area (TPSA) is 15.6 Å². The van der Waals surface area contributed by atoms with Crippen molar-refractivity contribution >= 4 is 23.1 Å². The molecule has 0 amide bonds. The van der Waals surface area contributed by atoms with E-state index in [2.05, 4.69) is 40.3 Å². The first-order chi connectivity index (χ1) is 10.2. The summed E-state index contributed by atoms with van der Waals surface area (Å²) in [6, 6.07) is 7.45. The van der Waals surface area contributed by atoms with Gasteiger partial charge in [0, 0.05) is 11.5 Å². The van der Waals surface area contributed by atoms with Gasteiger partial charge in [-0.2, -0.15) is 4.99 Å². The summed E-state index contributed by atoms with van der Waals surface area (Å²) in [5, 5.41) is 2.52. The number of likely N-dealkylation sites (N-methyl/N-ethyl adjacent to an activating group) is 1. The van der Waals surface area contributed by atoms with Crippen LogP contribution in [0.4, 0.5) is 5.69 Å². The maximum absolute atomic E-state index is 4.78. The number of thiocarbonyl (C=S) groups is 1. The summed E-state index contributed by atoms with van der Waals surface area (Å²) >= 11 is 4.78. The third-order valence-corrected chi connectivity index (χ3v) is 6.36. The second kappa shape index (κ2) is 5.01. The maximum atomic E-state index is 4.78. The van der Waals surface area contributed by atoms with Crippen molar-refractivity contribution < 1.29 is 0 Å². The minimum atomic E-state index is 0.413. The highest BCUT2D eigenvalue weighted by molar-refractivity contribution is 7.78. The molecule has 1 saturated heterocycles. The van der Waals surface area contributed by atoms with Crippen LogP contribution < -0.4 is 0 Å². The van der Waals surface area contributed by atoms with Crippen molar-refractivity contribution in [1.29, 1.82) is 0 Å². The lowest BCUT2D eigenvalue weighted by Gasteiger charge is -2.58. The summed E-state index contributed by atoms with van der Waals surface area (Å²) in [5.41, 5.74) is 4.53. The molecule has 2 aliphatic carbocycles. The van der Waals surface area contributed by atoms with Gasteiger partial charge in [0.25, 0.3) is 0 Å². The Kier molecular flexibility index (Phi) is 3.25. The molecule has 4 rings (SSSR count). The minimum Gasteiger partial charge on any atom is -0.303 e. The van der Waals surface area contributed by atoms with E-state index in [-0.39, 0.29) is 0 Å². The average molecular weight is 298 g/mol. The SMILES string of the molecule is CN1CC[C@]23CCCC[C@H]2[C@H]1Cc1ccc(N=C=S)cc13. The Hall–Kier alpha value is -1.02. The van der Waals surface area contributed by atoms with Crippen LogP contribution in [0.15, 0.2) is 23.2 Å². The molecule has 1 aliphatic heterocycles. The van der Waals surface area contributed by atoms with Gasteiger partial charge in [-0.3, -0.25) is 0 Å². The smallest absolute Gasteiger partial charge is 0.0742 e. The molecule has 2 nitrogen and oxygen atoms in total. The third-order valence-electron chi connectivity index (χ3n) is 6.27. The number of nitrogens with zero attached hydrogens (tertiary/aromatic N) is 2. The van der Waals surface area contributed by atoms with Crippen molar-refractivity contribution in [3.05, 3.63) is 29.3 Å². The lowest BCUT2D eigenvalue weighted by Crippen LogP contribution is -2.59. The van der Waals surface area contributed by atoms with Gasteiger partial charge in [0.1, 0.15) is 0 Å². The summed E-state index contributed by atoms with van der Waals surface area (Å²) in [5.74, 6) is 0.837. The van der Waals surface area contributed by atoms with Crippen LogP contribution in [-0.4, -0.2) is 29.7 Å². The second-order valence-corrected chi connectivity index (χ2v) is 7.24. The molecule has 0 aromatic heterocycles. The zero-order valence-electron chi connectivity index (χ0n) is 12.6. The monoisotopic (exact) mass is 298 g/mol. The molecular formula is C18H22N2S. The van der Waals surface area contributed by atoms with Crippen LogP contribution in [0.25, 0.3) is 0 Å². The molecule has 0 radical (unpaired) electrons. The summed E-state index contributed by atoms with van der Waals surface area (Å²) in [6.45, 7) is 1.24. The van der Waals surface area contributed by atoms with E-state index in [1.54, 1.807) is 11.1 Å². The van der Waals surface area contributed by atoms with Gasteiger partial charge in [-0.1, -0.05) is 18.9 Å². The Morgan fingerprint density at radius 1 is 1.33 bits per heavy atom. The van der Waals surface area contributed by atoms with E-state index in [1.807, 2.05) is 0 Å². The number of isothiocyanates is 1.